The van der Waals surface area contributed by atoms with Gasteiger partial charge in [-0.3, -0.25) is 4.99 Å². The van der Waals surface area contributed by atoms with Crippen LogP contribution in [0.1, 0.15) is 11.1 Å². The average molecular weight is 263 g/mol. The maximum Gasteiger partial charge on any atom is 0.206 e. The Morgan fingerprint density at radius 3 is 2.60 bits per heavy atom. The largest absolute Gasteiger partial charge is 0.310 e. The van der Waals surface area contributed by atoms with Crippen LogP contribution in [-0.4, -0.2) is 19.0 Å². The zero-order chi connectivity index (χ0) is 13.5. The second-order valence-corrected chi connectivity index (χ2v) is 5.38. The van der Waals surface area contributed by atoms with Gasteiger partial charge in [-0.1, -0.05) is 35.9 Å². The minimum atomic E-state index is 0.881. The number of nitrogens with zero attached hydrogens (tertiary/aromatic N) is 3. The van der Waals surface area contributed by atoms with E-state index >= 15 is 0 Å². The van der Waals surface area contributed by atoms with Gasteiger partial charge in [0.25, 0.3) is 0 Å². The van der Waals surface area contributed by atoms with Crippen molar-refractivity contribution < 1.29 is 0 Å². The van der Waals surface area contributed by atoms with E-state index in [-0.39, 0.29) is 0 Å². The summed E-state index contributed by atoms with van der Waals surface area (Å²) in [7, 11) is 0. The van der Waals surface area contributed by atoms with E-state index in [9.17, 15) is 0 Å². The first-order valence-corrected chi connectivity index (χ1v) is 7.07. The molecule has 0 saturated carbocycles. The van der Waals surface area contributed by atoms with Crippen LogP contribution in [0.25, 0.3) is 0 Å². The number of benzene rings is 2. The summed E-state index contributed by atoms with van der Waals surface area (Å²) >= 11 is 0. The minimum Gasteiger partial charge on any atom is -0.310 e. The molecule has 0 unspecified atom stereocenters. The third-order valence-electron chi connectivity index (χ3n) is 4.02. The second-order valence-electron chi connectivity index (χ2n) is 5.38. The van der Waals surface area contributed by atoms with Crippen molar-refractivity contribution in [2.45, 2.75) is 13.5 Å². The molecule has 0 bridgehead atoms. The highest BCUT2D eigenvalue weighted by atomic mass is 15.4. The van der Waals surface area contributed by atoms with Crippen LogP contribution >= 0.6 is 0 Å². The molecule has 0 radical (unpaired) electrons. The summed E-state index contributed by atoms with van der Waals surface area (Å²) in [5, 5.41) is 0. The van der Waals surface area contributed by atoms with E-state index in [0.717, 1.165) is 25.6 Å². The molecule has 2 aromatic carbocycles. The molecule has 0 saturated heterocycles. The SMILES string of the molecule is Cc1ccc(N2Cc3ccccc3N3CCN=C23)cc1. The molecule has 3 heteroatoms. The fourth-order valence-electron chi connectivity index (χ4n) is 2.97. The summed E-state index contributed by atoms with van der Waals surface area (Å²) in [5.74, 6) is 1.09. The molecule has 20 heavy (non-hydrogen) atoms. The topological polar surface area (TPSA) is 18.8 Å². The number of fused-ring (bicyclic) bond motifs is 3. The van der Waals surface area contributed by atoms with Crippen molar-refractivity contribution in [1.82, 2.24) is 0 Å². The smallest absolute Gasteiger partial charge is 0.206 e. The molecular weight excluding hydrogens is 246 g/mol. The van der Waals surface area contributed by atoms with Gasteiger partial charge in [0.2, 0.25) is 5.96 Å². The molecule has 2 aliphatic heterocycles. The van der Waals surface area contributed by atoms with E-state index in [0.29, 0.717) is 0 Å². The van der Waals surface area contributed by atoms with Crippen molar-refractivity contribution in [3.05, 3.63) is 59.7 Å². The summed E-state index contributed by atoms with van der Waals surface area (Å²) in [4.78, 5) is 9.35. The molecule has 2 heterocycles. The number of aryl methyl sites for hydroxylation is 1. The molecule has 0 fully saturated rings. The lowest BCUT2D eigenvalue weighted by Gasteiger charge is -2.37. The second kappa shape index (κ2) is 4.37. The lowest BCUT2D eigenvalue weighted by Crippen LogP contribution is -2.46. The van der Waals surface area contributed by atoms with Crippen molar-refractivity contribution in [1.29, 1.82) is 0 Å². The Hall–Kier alpha value is -2.29. The minimum absolute atomic E-state index is 0.881. The quantitative estimate of drug-likeness (QED) is 0.787. The molecule has 0 aliphatic carbocycles. The maximum atomic E-state index is 4.71. The highest BCUT2D eigenvalue weighted by molar-refractivity contribution is 6.10. The summed E-state index contributed by atoms with van der Waals surface area (Å²) in [6, 6.07) is 17.3. The lowest BCUT2D eigenvalue weighted by atomic mass is 10.1. The Labute approximate surface area is 119 Å². The van der Waals surface area contributed by atoms with Crippen LogP contribution in [0.5, 0.6) is 0 Å². The van der Waals surface area contributed by atoms with Crippen molar-refractivity contribution >= 4 is 17.3 Å². The highest BCUT2D eigenvalue weighted by Crippen LogP contribution is 2.33. The van der Waals surface area contributed by atoms with Gasteiger partial charge in [-0.25, -0.2) is 0 Å². The molecule has 4 rings (SSSR count). The van der Waals surface area contributed by atoms with Gasteiger partial charge in [0.15, 0.2) is 0 Å². The molecule has 3 nitrogen and oxygen atoms in total. The van der Waals surface area contributed by atoms with Crippen LogP contribution in [0.3, 0.4) is 0 Å². The van der Waals surface area contributed by atoms with Gasteiger partial charge in [-0.2, -0.15) is 0 Å². The van der Waals surface area contributed by atoms with Gasteiger partial charge in [-0.05, 0) is 30.7 Å². The Bertz CT molecular complexity index is 673. The first-order valence-electron chi connectivity index (χ1n) is 7.07. The molecule has 0 atom stereocenters. The molecule has 0 spiro atoms. The number of guanidine groups is 1. The normalized spacial score (nSPS) is 16.8. The van der Waals surface area contributed by atoms with Crippen LogP contribution < -0.4 is 9.80 Å². The summed E-state index contributed by atoms with van der Waals surface area (Å²) < 4.78 is 0. The lowest BCUT2D eigenvalue weighted by molar-refractivity contribution is 0.923. The molecule has 2 aromatic rings. The third-order valence-corrected chi connectivity index (χ3v) is 4.02. The highest BCUT2D eigenvalue weighted by Gasteiger charge is 2.31. The van der Waals surface area contributed by atoms with E-state index in [1.54, 1.807) is 0 Å². The number of hydrogen-bond donors (Lipinski definition) is 0. The van der Waals surface area contributed by atoms with Gasteiger partial charge in [-0.15, -0.1) is 0 Å². The Balaban J connectivity index is 1.80. The van der Waals surface area contributed by atoms with E-state index in [1.165, 1.54) is 22.5 Å². The van der Waals surface area contributed by atoms with Gasteiger partial charge in [0, 0.05) is 17.9 Å². The first-order chi connectivity index (χ1) is 9.83. The number of hydrogen-bond acceptors (Lipinski definition) is 3. The first kappa shape index (κ1) is 11.5. The van der Waals surface area contributed by atoms with E-state index in [1.807, 2.05) is 0 Å². The number of para-hydroxylation sites is 1. The van der Waals surface area contributed by atoms with Crippen molar-refractivity contribution in [2.75, 3.05) is 22.9 Å². The molecule has 2 aliphatic rings. The molecule has 0 amide bonds. The summed E-state index contributed by atoms with van der Waals surface area (Å²) in [6.45, 7) is 4.88. The summed E-state index contributed by atoms with van der Waals surface area (Å²) in [6.07, 6.45) is 0. The third kappa shape index (κ3) is 1.70. The molecule has 0 aromatic heterocycles. The number of anilines is 2. The van der Waals surface area contributed by atoms with E-state index in [2.05, 4.69) is 65.3 Å². The van der Waals surface area contributed by atoms with E-state index < -0.39 is 0 Å². The maximum absolute atomic E-state index is 4.71. The Kier molecular flexibility index (Phi) is 2.52. The van der Waals surface area contributed by atoms with Gasteiger partial charge in [0.05, 0.1) is 13.1 Å². The van der Waals surface area contributed by atoms with Crippen LogP contribution in [0.2, 0.25) is 0 Å². The number of rotatable bonds is 1. The summed E-state index contributed by atoms with van der Waals surface area (Å²) in [5.41, 5.74) is 5.19. The van der Waals surface area contributed by atoms with Crippen molar-refractivity contribution in [3.8, 4) is 0 Å². The molecule has 0 N–H and O–H groups in total. The van der Waals surface area contributed by atoms with Crippen LogP contribution in [0.4, 0.5) is 11.4 Å². The van der Waals surface area contributed by atoms with Gasteiger partial charge >= 0.3 is 0 Å². The number of aliphatic imine (C=N–C) groups is 1. The fraction of sp³-hybridized carbons (Fsp3) is 0.235. The van der Waals surface area contributed by atoms with Gasteiger partial charge < -0.3 is 9.80 Å². The molecule has 100 valence electrons. The zero-order valence-corrected chi connectivity index (χ0v) is 11.6. The van der Waals surface area contributed by atoms with Gasteiger partial charge in [0.1, 0.15) is 0 Å². The Morgan fingerprint density at radius 1 is 0.950 bits per heavy atom. The fourth-order valence-corrected chi connectivity index (χ4v) is 2.97. The van der Waals surface area contributed by atoms with E-state index in [4.69, 9.17) is 4.99 Å². The Morgan fingerprint density at radius 2 is 1.75 bits per heavy atom. The predicted octanol–water partition coefficient (Wildman–Crippen LogP) is 3.19. The monoisotopic (exact) mass is 263 g/mol. The zero-order valence-electron chi connectivity index (χ0n) is 11.6. The van der Waals surface area contributed by atoms with Crippen LogP contribution in [0, 0.1) is 6.92 Å². The van der Waals surface area contributed by atoms with Crippen molar-refractivity contribution in [3.63, 3.8) is 0 Å². The van der Waals surface area contributed by atoms with Crippen LogP contribution in [0.15, 0.2) is 53.5 Å². The molecular formula is C17H17N3. The standard InChI is InChI=1S/C17H17N3/c1-13-6-8-15(9-7-13)20-12-14-4-2-3-5-16(14)19-11-10-18-17(19)20/h2-9H,10-12H2,1H3. The average Bonchev–Trinajstić information content (AvgIpc) is 2.97. The predicted molar refractivity (Wildman–Crippen MR) is 83.5 cm³/mol. The van der Waals surface area contributed by atoms with Crippen molar-refractivity contribution in [2.24, 2.45) is 4.99 Å². The van der Waals surface area contributed by atoms with Crippen LogP contribution in [-0.2, 0) is 6.54 Å².